The molecule has 1 aliphatic heterocycles. The molecule has 124 valence electrons. The minimum absolute atomic E-state index is 0.00821. The molecule has 1 aromatic rings. The lowest BCUT2D eigenvalue weighted by atomic mass is 10.0. The molecule has 6 nitrogen and oxygen atoms in total. The molecular weight excluding hydrogens is 318 g/mol. The van der Waals surface area contributed by atoms with Crippen molar-refractivity contribution in [3.05, 3.63) is 23.8 Å². The number of fused-ring (bicyclic) bond motifs is 1. The standard InChI is InChI=1S/C16H19NO5S/c1-3-20-9-16(8-17)14(15(16)23(18,19)4-2)11-5-6-12-13(7-11)22-10-21-12/h5-7,14-15H,3-4,9-10H2,1-2H3/t14-,15+,16+/m0/s1. The summed E-state index contributed by atoms with van der Waals surface area (Å²) in [5.41, 5.74) is -0.254. The largest absolute Gasteiger partial charge is 0.454 e. The van der Waals surface area contributed by atoms with Crippen molar-refractivity contribution in [2.24, 2.45) is 5.41 Å². The number of hydrogen-bond donors (Lipinski definition) is 0. The lowest BCUT2D eigenvalue weighted by Crippen LogP contribution is -2.20. The number of sulfone groups is 1. The molecule has 3 rings (SSSR count). The Hall–Kier alpha value is -1.78. The van der Waals surface area contributed by atoms with E-state index >= 15 is 0 Å². The van der Waals surface area contributed by atoms with Gasteiger partial charge >= 0.3 is 0 Å². The average molecular weight is 337 g/mol. The van der Waals surface area contributed by atoms with E-state index < -0.39 is 26.4 Å². The van der Waals surface area contributed by atoms with Gasteiger partial charge in [-0.3, -0.25) is 0 Å². The van der Waals surface area contributed by atoms with E-state index in [-0.39, 0.29) is 19.2 Å². The highest BCUT2D eigenvalue weighted by molar-refractivity contribution is 7.92. The van der Waals surface area contributed by atoms with E-state index in [0.29, 0.717) is 18.1 Å². The summed E-state index contributed by atoms with van der Waals surface area (Å²) < 4.78 is 41.0. The maximum atomic E-state index is 12.5. The third-order valence-electron chi connectivity index (χ3n) is 4.55. The molecule has 0 aromatic heterocycles. The zero-order chi connectivity index (χ0) is 16.7. The lowest BCUT2D eigenvalue weighted by Gasteiger charge is -2.09. The first kappa shape index (κ1) is 16.1. The number of nitrogens with zero attached hydrogens (tertiary/aromatic N) is 1. The zero-order valence-corrected chi connectivity index (χ0v) is 13.9. The average Bonchev–Trinajstić information content (AvgIpc) is 3.01. The fraction of sp³-hybridized carbons (Fsp3) is 0.562. The van der Waals surface area contributed by atoms with E-state index in [1.807, 2.05) is 6.92 Å². The van der Waals surface area contributed by atoms with Crippen LogP contribution in [0.5, 0.6) is 11.5 Å². The summed E-state index contributed by atoms with van der Waals surface area (Å²) in [5, 5.41) is 8.95. The van der Waals surface area contributed by atoms with Crippen molar-refractivity contribution in [2.75, 3.05) is 25.8 Å². The monoisotopic (exact) mass is 337 g/mol. The van der Waals surface area contributed by atoms with Crippen molar-refractivity contribution in [1.29, 1.82) is 5.26 Å². The van der Waals surface area contributed by atoms with Gasteiger partial charge in [-0.25, -0.2) is 8.42 Å². The van der Waals surface area contributed by atoms with Crippen LogP contribution >= 0.6 is 0 Å². The first-order chi connectivity index (χ1) is 11.0. The van der Waals surface area contributed by atoms with Crippen LogP contribution < -0.4 is 9.47 Å². The Labute approximate surface area is 135 Å². The summed E-state index contributed by atoms with van der Waals surface area (Å²) in [6.45, 7) is 4.14. The number of hydrogen-bond acceptors (Lipinski definition) is 6. The maximum Gasteiger partial charge on any atom is 0.231 e. The highest BCUT2D eigenvalue weighted by Gasteiger charge is 2.71. The molecule has 1 aliphatic carbocycles. The van der Waals surface area contributed by atoms with Crippen molar-refractivity contribution >= 4 is 9.84 Å². The van der Waals surface area contributed by atoms with Crippen molar-refractivity contribution in [1.82, 2.24) is 0 Å². The van der Waals surface area contributed by atoms with E-state index in [4.69, 9.17) is 14.2 Å². The number of benzene rings is 1. The molecule has 0 unspecified atom stereocenters. The van der Waals surface area contributed by atoms with Gasteiger partial charge in [-0.1, -0.05) is 13.0 Å². The Bertz CT molecular complexity index is 754. The Balaban J connectivity index is 2.00. The fourth-order valence-corrected chi connectivity index (χ4v) is 5.30. The van der Waals surface area contributed by atoms with Crippen LogP contribution in [0.2, 0.25) is 0 Å². The first-order valence-corrected chi connectivity index (χ1v) is 9.31. The molecule has 23 heavy (non-hydrogen) atoms. The second-order valence-electron chi connectivity index (χ2n) is 5.75. The van der Waals surface area contributed by atoms with Gasteiger partial charge in [-0.05, 0) is 24.6 Å². The second-order valence-corrected chi connectivity index (χ2v) is 8.16. The van der Waals surface area contributed by atoms with Gasteiger partial charge in [0.05, 0.1) is 17.9 Å². The predicted octanol–water partition coefficient (Wildman–Crippen LogP) is 1.86. The van der Waals surface area contributed by atoms with Gasteiger partial charge in [-0.15, -0.1) is 0 Å². The molecular formula is C16H19NO5S. The molecule has 3 atom stereocenters. The molecule has 0 radical (unpaired) electrons. The Morgan fingerprint density at radius 1 is 1.35 bits per heavy atom. The summed E-state index contributed by atoms with van der Waals surface area (Å²) in [6, 6.07) is 7.56. The van der Waals surface area contributed by atoms with E-state index in [0.717, 1.165) is 5.56 Å². The third kappa shape index (κ3) is 2.46. The third-order valence-corrected chi connectivity index (χ3v) is 6.83. The van der Waals surface area contributed by atoms with Gasteiger partial charge in [-0.2, -0.15) is 5.26 Å². The minimum atomic E-state index is -3.36. The van der Waals surface area contributed by atoms with Crippen molar-refractivity contribution in [3.8, 4) is 17.6 Å². The molecule has 0 amide bonds. The summed E-state index contributed by atoms with van der Waals surface area (Å²) >= 11 is 0. The first-order valence-electron chi connectivity index (χ1n) is 7.60. The van der Waals surface area contributed by atoms with E-state index in [1.54, 1.807) is 25.1 Å². The summed E-state index contributed by atoms with van der Waals surface area (Å²) in [5.74, 6) is 0.828. The van der Waals surface area contributed by atoms with Crippen LogP contribution in [0.25, 0.3) is 0 Å². The fourth-order valence-electron chi connectivity index (χ4n) is 3.30. The topological polar surface area (TPSA) is 85.6 Å². The van der Waals surface area contributed by atoms with Crippen LogP contribution in [0, 0.1) is 16.7 Å². The Morgan fingerprint density at radius 2 is 2.09 bits per heavy atom. The molecule has 1 saturated carbocycles. The van der Waals surface area contributed by atoms with Crippen LogP contribution in [0.15, 0.2) is 18.2 Å². The van der Waals surface area contributed by atoms with Gasteiger partial charge in [0.2, 0.25) is 6.79 Å². The van der Waals surface area contributed by atoms with Crippen molar-refractivity contribution in [3.63, 3.8) is 0 Å². The quantitative estimate of drug-likeness (QED) is 0.787. The molecule has 1 heterocycles. The number of rotatable bonds is 6. The molecule has 7 heteroatoms. The SMILES string of the molecule is CCOC[C@@]1(C#N)[C@H](S(=O)(=O)CC)[C@@H]1c1ccc2c(c1)OCO2. The molecule has 0 spiro atoms. The van der Waals surface area contributed by atoms with Crippen LogP contribution in [0.1, 0.15) is 25.3 Å². The number of ether oxygens (including phenoxy) is 3. The van der Waals surface area contributed by atoms with Gasteiger partial charge < -0.3 is 14.2 Å². The molecule has 1 fully saturated rings. The van der Waals surface area contributed by atoms with Gasteiger partial charge in [0.1, 0.15) is 5.41 Å². The summed E-state index contributed by atoms with van der Waals surface area (Å²) in [7, 11) is -3.36. The second kappa shape index (κ2) is 5.69. The molecule has 0 bridgehead atoms. The van der Waals surface area contributed by atoms with Crippen LogP contribution in [-0.4, -0.2) is 39.4 Å². The van der Waals surface area contributed by atoms with Crippen LogP contribution in [0.4, 0.5) is 0 Å². The van der Waals surface area contributed by atoms with Crippen LogP contribution in [-0.2, 0) is 14.6 Å². The van der Waals surface area contributed by atoms with Gasteiger partial charge in [0.15, 0.2) is 21.3 Å². The Morgan fingerprint density at radius 3 is 2.74 bits per heavy atom. The van der Waals surface area contributed by atoms with Gasteiger partial charge in [0.25, 0.3) is 0 Å². The van der Waals surface area contributed by atoms with E-state index in [1.165, 1.54) is 0 Å². The van der Waals surface area contributed by atoms with E-state index in [2.05, 4.69) is 6.07 Å². The highest BCUT2D eigenvalue weighted by atomic mass is 32.2. The Kier molecular flexibility index (Phi) is 3.98. The van der Waals surface area contributed by atoms with Crippen molar-refractivity contribution in [2.45, 2.75) is 25.0 Å². The normalized spacial score (nSPS) is 28.4. The smallest absolute Gasteiger partial charge is 0.231 e. The molecule has 0 saturated heterocycles. The van der Waals surface area contributed by atoms with Gasteiger partial charge in [0, 0.05) is 18.3 Å². The highest BCUT2D eigenvalue weighted by Crippen LogP contribution is 2.63. The van der Waals surface area contributed by atoms with Crippen molar-refractivity contribution < 1.29 is 22.6 Å². The van der Waals surface area contributed by atoms with Crippen LogP contribution in [0.3, 0.4) is 0 Å². The predicted molar refractivity (Wildman–Crippen MR) is 83.1 cm³/mol. The van der Waals surface area contributed by atoms with E-state index in [9.17, 15) is 13.7 Å². The zero-order valence-electron chi connectivity index (χ0n) is 13.1. The summed E-state index contributed by atoms with van der Waals surface area (Å²) in [6.07, 6.45) is 0. The lowest BCUT2D eigenvalue weighted by molar-refractivity contribution is 0.117. The number of nitriles is 1. The maximum absolute atomic E-state index is 12.5. The minimum Gasteiger partial charge on any atom is -0.454 e. The molecule has 1 aromatic carbocycles. The summed E-state index contributed by atoms with van der Waals surface area (Å²) in [4.78, 5) is 0. The molecule has 2 aliphatic rings. The molecule has 0 N–H and O–H groups in total.